The molecule has 0 aliphatic heterocycles. The first kappa shape index (κ1) is 20.2. The standard InChI is InChI=1S/C21H23BrN4O2/c1-5-26(3)12-24-19-10-18(22)21(25-13(19)2)28-17-7-14-6-16(11-23)20(27-4)9-15(14)8-17/h6,9-10,12,17H,5,7-8H2,1-4H3/b24-12+. The van der Waals surface area contributed by atoms with Gasteiger partial charge in [0.25, 0.3) is 0 Å². The van der Waals surface area contributed by atoms with Gasteiger partial charge in [0.15, 0.2) is 0 Å². The molecule has 1 aliphatic carbocycles. The first-order chi connectivity index (χ1) is 13.4. The van der Waals surface area contributed by atoms with E-state index in [4.69, 9.17) is 9.47 Å². The van der Waals surface area contributed by atoms with Gasteiger partial charge >= 0.3 is 0 Å². The summed E-state index contributed by atoms with van der Waals surface area (Å²) in [4.78, 5) is 11.1. The van der Waals surface area contributed by atoms with Gasteiger partial charge in [0.1, 0.15) is 17.9 Å². The summed E-state index contributed by atoms with van der Waals surface area (Å²) in [5.74, 6) is 1.17. The predicted molar refractivity (Wildman–Crippen MR) is 113 cm³/mol. The number of aliphatic imine (C=N–C) groups is 1. The van der Waals surface area contributed by atoms with E-state index in [2.05, 4.69) is 38.9 Å². The van der Waals surface area contributed by atoms with E-state index < -0.39 is 0 Å². The van der Waals surface area contributed by atoms with Gasteiger partial charge in [0.2, 0.25) is 5.88 Å². The van der Waals surface area contributed by atoms with Crippen LogP contribution in [-0.4, -0.2) is 43.0 Å². The quantitative estimate of drug-likeness (QED) is 0.495. The minimum Gasteiger partial charge on any atom is -0.495 e. The molecule has 0 saturated heterocycles. The number of rotatable bonds is 6. The predicted octanol–water partition coefficient (Wildman–Crippen LogP) is 4.19. The summed E-state index contributed by atoms with van der Waals surface area (Å²) in [6.45, 7) is 4.88. The van der Waals surface area contributed by atoms with Crippen molar-refractivity contribution in [2.45, 2.75) is 32.8 Å². The summed E-state index contributed by atoms with van der Waals surface area (Å²) in [5, 5.41) is 9.28. The third-order valence-electron chi connectivity index (χ3n) is 4.82. The second-order valence-electron chi connectivity index (χ2n) is 6.78. The SMILES string of the molecule is CCN(C)/C=N/c1cc(Br)c(OC2Cc3cc(C#N)c(OC)cc3C2)nc1C. The molecule has 0 amide bonds. The molecule has 1 aliphatic rings. The number of pyridine rings is 1. The van der Waals surface area contributed by atoms with Gasteiger partial charge in [-0.05, 0) is 59.1 Å². The van der Waals surface area contributed by atoms with Gasteiger partial charge in [-0.25, -0.2) is 9.98 Å². The number of ether oxygens (including phenoxy) is 2. The number of methoxy groups -OCH3 is 1. The van der Waals surface area contributed by atoms with Crippen molar-refractivity contribution in [3.8, 4) is 17.7 Å². The third kappa shape index (κ3) is 4.28. The van der Waals surface area contributed by atoms with Gasteiger partial charge in [-0.3, -0.25) is 0 Å². The van der Waals surface area contributed by atoms with Crippen molar-refractivity contribution in [1.29, 1.82) is 5.26 Å². The topological polar surface area (TPSA) is 70.7 Å². The van der Waals surface area contributed by atoms with Gasteiger partial charge in [-0.1, -0.05) is 0 Å². The van der Waals surface area contributed by atoms with Crippen LogP contribution in [-0.2, 0) is 12.8 Å². The number of nitriles is 1. The second kappa shape index (κ2) is 8.61. The molecule has 1 aromatic carbocycles. The highest BCUT2D eigenvalue weighted by Crippen LogP contribution is 2.34. The van der Waals surface area contributed by atoms with Crippen molar-refractivity contribution in [1.82, 2.24) is 9.88 Å². The number of hydrogen-bond acceptors (Lipinski definition) is 5. The highest BCUT2D eigenvalue weighted by Gasteiger charge is 2.26. The molecule has 0 bridgehead atoms. The van der Waals surface area contributed by atoms with Crippen LogP contribution in [0.2, 0.25) is 0 Å². The Hall–Kier alpha value is -2.59. The zero-order valence-electron chi connectivity index (χ0n) is 16.5. The van der Waals surface area contributed by atoms with Crippen LogP contribution in [0.5, 0.6) is 11.6 Å². The molecule has 7 heteroatoms. The van der Waals surface area contributed by atoms with Crippen LogP contribution in [0.4, 0.5) is 5.69 Å². The maximum absolute atomic E-state index is 9.28. The smallest absolute Gasteiger partial charge is 0.228 e. The average molecular weight is 443 g/mol. The van der Waals surface area contributed by atoms with Crippen LogP contribution in [0.3, 0.4) is 0 Å². The van der Waals surface area contributed by atoms with E-state index in [1.165, 1.54) is 0 Å². The Bertz CT molecular complexity index is 952. The van der Waals surface area contributed by atoms with E-state index in [1.807, 2.05) is 37.1 Å². The first-order valence-electron chi connectivity index (χ1n) is 9.13. The molecular weight excluding hydrogens is 420 g/mol. The summed E-state index contributed by atoms with van der Waals surface area (Å²) in [6.07, 6.45) is 3.26. The molecule has 1 aromatic heterocycles. The van der Waals surface area contributed by atoms with Crippen LogP contribution in [0.1, 0.15) is 29.3 Å². The Labute approximate surface area is 173 Å². The molecule has 0 N–H and O–H groups in total. The summed E-state index contributed by atoms with van der Waals surface area (Å²) in [6, 6.07) is 7.95. The fourth-order valence-electron chi connectivity index (χ4n) is 3.11. The number of halogens is 1. The monoisotopic (exact) mass is 442 g/mol. The molecule has 0 saturated carbocycles. The van der Waals surface area contributed by atoms with E-state index in [1.54, 1.807) is 13.4 Å². The Balaban J connectivity index is 1.77. The lowest BCUT2D eigenvalue weighted by Gasteiger charge is -2.15. The molecular formula is C21H23BrN4O2. The number of fused-ring (bicyclic) bond motifs is 1. The molecule has 28 heavy (non-hydrogen) atoms. The van der Waals surface area contributed by atoms with Crippen LogP contribution < -0.4 is 9.47 Å². The summed E-state index contributed by atoms with van der Waals surface area (Å²) < 4.78 is 12.3. The summed E-state index contributed by atoms with van der Waals surface area (Å²) in [5.41, 5.74) is 4.44. The van der Waals surface area contributed by atoms with Crippen molar-refractivity contribution >= 4 is 28.0 Å². The Morgan fingerprint density at radius 3 is 2.71 bits per heavy atom. The third-order valence-corrected chi connectivity index (χ3v) is 5.38. The van der Waals surface area contributed by atoms with E-state index >= 15 is 0 Å². The van der Waals surface area contributed by atoms with Gasteiger partial charge in [-0.15, -0.1) is 0 Å². The fourth-order valence-corrected chi connectivity index (χ4v) is 3.51. The molecule has 6 nitrogen and oxygen atoms in total. The first-order valence-corrected chi connectivity index (χ1v) is 9.92. The Kier molecular flexibility index (Phi) is 6.20. The zero-order chi connectivity index (χ0) is 20.3. The molecule has 0 radical (unpaired) electrons. The number of aromatic nitrogens is 1. The van der Waals surface area contributed by atoms with E-state index in [0.717, 1.165) is 46.4 Å². The number of nitrogens with zero attached hydrogens (tertiary/aromatic N) is 4. The van der Waals surface area contributed by atoms with Crippen molar-refractivity contribution in [2.24, 2.45) is 4.99 Å². The van der Waals surface area contributed by atoms with Crippen LogP contribution in [0.15, 0.2) is 27.7 Å². The van der Waals surface area contributed by atoms with Gasteiger partial charge < -0.3 is 14.4 Å². The molecule has 2 aromatic rings. The molecule has 146 valence electrons. The van der Waals surface area contributed by atoms with Crippen molar-refractivity contribution in [3.05, 3.63) is 45.1 Å². The number of benzene rings is 1. The Morgan fingerprint density at radius 2 is 2.07 bits per heavy atom. The van der Waals surface area contributed by atoms with E-state index in [0.29, 0.717) is 17.2 Å². The lowest BCUT2D eigenvalue weighted by atomic mass is 10.1. The van der Waals surface area contributed by atoms with Gasteiger partial charge in [-0.2, -0.15) is 5.26 Å². The number of aryl methyl sites for hydroxylation is 1. The van der Waals surface area contributed by atoms with Crippen molar-refractivity contribution in [2.75, 3.05) is 20.7 Å². The highest BCUT2D eigenvalue weighted by atomic mass is 79.9. The van der Waals surface area contributed by atoms with E-state index in [9.17, 15) is 5.26 Å². The average Bonchev–Trinajstić information content (AvgIpc) is 3.08. The lowest BCUT2D eigenvalue weighted by molar-refractivity contribution is 0.203. The lowest BCUT2D eigenvalue weighted by Crippen LogP contribution is -2.17. The molecule has 3 rings (SSSR count). The van der Waals surface area contributed by atoms with Crippen molar-refractivity contribution < 1.29 is 9.47 Å². The fraction of sp³-hybridized carbons (Fsp3) is 0.381. The number of hydrogen-bond donors (Lipinski definition) is 0. The summed E-state index contributed by atoms with van der Waals surface area (Å²) in [7, 11) is 3.56. The zero-order valence-corrected chi connectivity index (χ0v) is 18.1. The molecule has 1 unspecified atom stereocenters. The van der Waals surface area contributed by atoms with Gasteiger partial charge in [0, 0.05) is 26.4 Å². The molecule has 0 fully saturated rings. The maximum Gasteiger partial charge on any atom is 0.228 e. The maximum atomic E-state index is 9.28. The van der Waals surface area contributed by atoms with Crippen LogP contribution in [0, 0.1) is 18.3 Å². The minimum absolute atomic E-state index is 0.0302. The molecule has 0 spiro atoms. The largest absolute Gasteiger partial charge is 0.495 e. The normalized spacial score (nSPS) is 15.4. The van der Waals surface area contributed by atoms with E-state index in [-0.39, 0.29) is 6.10 Å². The van der Waals surface area contributed by atoms with Gasteiger partial charge in [0.05, 0.1) is 34.9 Å². The molecule has 1 heterocycles. The Morgan fingerprint density at radius 1 is 1.36 bits per heavy atom. The summed E-state index contributed by atoms with van der Waals surface area (Å²) >= 11 is 3.56. The molecule has 1 atom stereocenters. The van der Waals surface area contributed by atoms with Crippen LogP contribution >= 0.6 is 15.9 Å². The minimum atomic E-state index is -0.0302. The second-order valence-corrected chi connectivity index (χ2v) is 7.63. The van der Waals surface area contributed by atoms with Crippen molar-refractivity contribution in [3.63, 3.8) is 0 Å². The highest BCUT2D eigenvalue weighted by molar-refractivity contribution is 9.10. The van der Waals surface area contributed by atoms with Crippen LogP contribution in [0.25, 0.3) is 0 Å².